The van der Waals surface area contributed by atoms with Crippen LogP contribution in [0.5, 0.6) is 0 Å². The van der Waals surface area contributed by atoms with E-state index in [9.17, 15) is 4.79 Å². The van der Waals surface area contributed by atoms with E-state index in [-0.39, 0.29) is 5.97 Å². The normalized spacial score (nSPS) is 17.6. The third-order valence-electron chi connectivity index (χ3n) is 4.31. The molecule has 0 bridgehead atoms. The number of methoxy groups -OCH3 is 1. The molecule has 0 aromatic rings. The Hall–Kier alpha value is -0.610. The number of nitrogens with zero attached hydrogens (tertiary/aromatic N) is 1. The third kappa shape index (κ3) is 6.79. The van der Waals surface area contributed by atoms with Crippen molar-refractivity contribution in [2.45, 2.75) is 78.4 Å². The van der Waals surface area contributed by atoms with Crippen LogP contribution in [0.15, 0.2) is 0 Å². The molecular weight excluding hydrogens is 264 g/mol. The molecule has 0 aliphatic carbocycles. The van der Waals surface area contributed by atoms with Crippen LogP contribution in [0.2, 0.25) is 0 Å². The van der Waals surface area contributed by atoms with Crippen LogP contribution in [0.25, 0.3) is 0 Å². The molecule has 4 nitrogen and oxygen atoms in total. The summed E-state index contributed by atoms with van der Waals surface area (Å²) in [6.07, 6.45) is 2.91. The molecule has 0 heterocycles. The fourth-order valence-electron chi connectivity index (χ4n) is 2.87. The van der Waals surface area contributed by atoms with Crippen molar-refractivity contribution < 1.29 is 9.53 Å². The van der Waals surface area contributed by atoms with Crippen molar-refractivity contribution in [1.29, 1.82) is 0 Å². The van der Waals surface area contributed by atoms with Gasteiger partial charge in [-0.1, -0.05) is 20.8 Å². The van der Waals surface area contributed by atoms with Gasteiger partial charge < -0.3 is 15.0 Å². The standard InChI is InChI=1S/C17H36N2O2/c1-9-10-18-17(6,16(20)21-8)12-15(5)19(7)14(4)11-13(2)3/h13-15,18H,9-12H2,1-8H3. The second kappa shape index (κ2) is 9.42. The van der Waals surface area contributed by atoms with Crippen LogP contribution in [0.4, 0.5) is 0 Å². The van der Waals surface area contributed by atoms with E-state index in [1.54, 1.807) is 0 Å². The molecule has 1 N–H and O–H groups in total. The lowest BCUT2D eigenvalue weighted by Crippen LogP contribution is -2.54. The quantitative estimate of drug-likeness (QED) is 0.630. The van der Waals surface area contributed by atoms with Crippen molar-refractivity contribution in [2.75, 3.05) is 20.7 Å². The van der Waals surface area contributed by atoms with Crippen molar-refractivity contribution in [1.82, 2.24) is 10.2 Å². The molecule has 0 aromatic carbocycles. The average molecular weight is 300 g/mol. The number of hydrogen-bond donors (Lipinski definition) is 1. The van der Waals surface area contributed by atoms with E-state index >= 15 is 0 Å². The van der Waals surface area contributed by atoms with Gasteiger partial charge in [-0.3, -0.25) is 4.79 Å². The molecule has 3 atom stereocenters. The average Bonchev–Trinajstić information content (AvgIpc) is 2.42. The minimum absolute atomic E-state index is 0.173. The maximum Gasteiger partial charge on any atom is 0.325 e. The molecule has 3 unspecified atom stereocenters. The van der Waals surface area contributed by atoms with E-state index in [1.807, 2.05) is 6.92 Å². The second-order valence-corrected chi connectivity index (χ2v) is 6.95. The Morgan fingerprint density at radius 2 is 1.81 bits per heavy atom. The summed E-state index contributed by atoms with van der Waals surface area (Å²) < 4.78 is 5.00. The molecule has 0 radical (unpaired) electrons. The van der Waals surface area contributed by atoms with E-state index < -0.39 is 5.54 Å². The first-order valence-electron chi connectivity index (χ1n) is 8.23. The van der Waals surface area contributed by atoms with Crippen LogP contribution in [-0.4, -0.2) is 49.2 Å². The van der Waals surface area contributed by atoms with E-state index in [0.29, 0.717) is 18.0 Å². The Balaban J connectivity index is 4.79. The summed E-state index contributed by atoms with van der Waals surface area (Å²) in [5.41, 5.74) is -0.615. The number of rotatable bonds is 10. The molecule has 0 fully saturated rings. The zero-order valence-electron chi connectivity index (χ0n) is 15.3. The molecule has 126 valence electrons. The van der Waals surface area contributed by atoms with E-state index in [1.165, 1.54) is 7.11 Å². The fourth-order valence-corrected chi connectivity index (χ4v) is 2.87. The van der Waals surface area contributed by atoms with Gasteiger partial charge >= 0.3 is 5.97 Å². The predicted octanol–water partition coefficient (Wildman–Crippen LogP) is 3.06. The number of carbonyl (C=O) groups excluding carboxylic acids is 1. The first kappa shape index (κ1) is 20.4. The van der Waals surface area contributed by atoms with Gasteiger partial charge in [0.05, 0.1) is 7.11 Å². The Morgan fingerprint density at radius 3 is 2.24 bits per heavy atom. The molecule has 0 aliphatic heterocycles. The molecule has 0 spiro atoms. The number of ether oxygens (including phenoxy) is 1. The lowest BCUT2D eigenvalue weighted by atomic mass is 9.91. The number of esters is 1. The van der Waals surface area contributed by atoms with Crippen molar-refractivity contribution >= 4 is 5.97 Å². The highest BCUT2D eigenvalue weighted by molar-refractivity contribution is 5.80. The minimum Gasteiger partial charge on any atom is -0.468 e. The van der Waals surface area contributed by atoms with Crippen LogP contribution >= 0.6 is 0 Å². The van der Waals surface area contributed by atoms with Gasteiger partial charge in [0.2, 0.25) is 0 Å². The van der Waals surface area contributed by atoms with Crippen molar-refractivity contribution in [3.05, 3.63) is 0 Å². The molecule has 0 aliphatic rings. The summed E-state index contributed by atoms with van der Waals surface area (Å²) in [6.45, 7) is 13.8. The Bertz CT molecular complexity index is 307. The maximum atomic E-state index is 12.1. The summed E-state index contributed by atoms with van der Waals surface area (Å²) in [7, 11) is 3.61. The van der Waals surface area contributed by atoms with Crippen LogP contribution in [-0.2, 0) is 9.53 Å². The zero-order valence-corrected chi connectivity index (χ0v) is 15.3. The van der Waals surface area contributed by atoms with Gasteiger partial charge in [-0.15, -0.1) is 0 Å². The van der Waals surface area contributed by atoms with Gasteiger partial charge in [-0.25, -0.2) is 0 Å². The highest BCUT2D eigenvalue weighted by Gasteiger charge is 2.36. The van der Waals surface area contributed by atoms with Gasteiger partial charge in [0.15, 0.2) is 0 Å². The molecule has 0 saturated heterocycles. The van der Waals surface area contributed by atoms with E-state index in [2.05, 4.69) is 51.9 Å². The predicted molar refractivity (Wildman–Crippen MR) is 89.5 cm³/mol. The molecule has 21 heavy (non-hydrogen) atoms. The lowest BCUT2D eigenvalue weighted by molar-refractivity contribution is -0.148. The molecule has 4 heteroatoms. The van der Waals surface area contributed by atoms with Crippen molar-refractivity contribution in [2.24, 2.45) is 5.92 Å². The summed E-state index contributed by atoms with van der Waals surface area (Å²) in [4.78, 5) is 14.5. The topological polar surface area (TPSA) is 41.6 Å². The largest absolute Gasteiger partial charge is 0.468 e. The number of nitrogens with one attached hydrogen (secondary N) is 1. The van der Waals surface area contributed by atoms with E-state index in [0.717, 1.165) is 25.8 Å². The van der Waals surface area contributed by atoms with Crippen LogP contribution in [0, 0.1) is 5.92 Å². The van der Waals surface area contributed by atoms with Gasteiger partial charge in [-0.2, -0.15) is 0 Å². The Morgan fingerprint density at radius 1 is 1.24 bits per heavy atom. The zero-order chi connectivity index (χ0) is 16.6. The fraction of sp³-hybridized carbons (Fsp3) is 0.941. The van der Waals surface area contributed by atoms with Crippen LogP contribution < -0.4 is 5.32 Å². The third-order valence-corrected chi connectivity index (χ3v) is 4.31. The molecule has 0 amide bonds. The van der Waals surface area contributed by atoms with Crippen molar-refractivity contribution in [3.8, 4) is 0 Å². The summed E-state index contributed by atoms with van der Waals surface area (Å²) >= 11 is 0. The van der Waals surface area contributed by atoms with Gasteiger partial charge in [-0.05, 0) is 59.5 Å². The number of carbonyl (C=O) groups is 1. The van der Waals surface area contributed by atoms with Gasteiger partial charge in [0, 0.05) is 12.1 Å². The number of hydrogen-bond acceptors (Lipinski definition) is 4. The first-order chi connectivity index (χ1) is 9.67. The summed E-state index contributed by atoms with van der Waals surface area (Å²) in [5, 5.41) is 3.36. The summed E-state index contributed by atoms with van der Waals surface area (Å²) in [6, 6.07) is 0.820. The SMILES string of the molecule is CCCNC(C)(CC(C)N(C)C(C)CC(C)C)C(=O)OC. The Labute approximate surface area is 131 Å². The first-order valence-corrected chi connectivity index (χ1v) is 8.23. The second-order valence-electron chi connectivity index (χ2n) is 6.95. The van der Waals surface area contributed by atoms with Crippen LogP contribution in [0.3, 0.4) is 0 Å². The molecular formula is C17H36N2O2. The van der Waals surface area contributed by atoms with Gasteiger partial charge in [0.1, 0.15) is 5.54 Å². The molecule has 0 saturated carbocycles. The molecule has 0 aromatic heterocycles. The minimum atomic E-state index is -0.615. The van der Waals surface area contributed by atoms with Crippen LogP contribution in [0.1, 0.15) is 60.8 Å². The van der Waals surface area contributed by atoms with E-state index in [4.69, 9.17) is 4.74 Å². The maximum absolute atomic E-state index is 12.1. The van der Waals surface area contributed by atoms with Gasteiger partial charge in [0.25, 0.3) is 0 Å². The highest BCUT2D eigenvalue weighted by atomic mass is 16.5. The lowest BCUT2D eigenvalue weighted by Gasteiger charge is -2.37. The van der Waals surface area contributed by atoms with Crippen molar-refractivity contribution in [3.63, 3.8) is 0 Å². The Kier molecular flexibility index (Phi) is 9.14. The smallest absolute Gasteiger partial charge is 0.325 e. The highest BCUT2D eigenvalue weighted by Crippen LogP contribution is 2.21. The molecule has 0 rings (SSSR count). The summed E-state index contributed by atoms with van der Waals surface area (Å²) in [5.74, 6) is 0.507. The monoisotopic (exact) mass is 300 g/mol.